The van der Waals surface area contributed by atoms with Crippen LogP contribution in [-0.4, -0.2) is 34.1 Å². The smallest absolute Gasteiger partial charge is 0.323 e. The molecule has 1 aromatic heterocycles. The van der Waals surface area contributed by atoms with E-state index in [-0.39, 0.29) is 0 Å². The normalized spacial score (nSPS) is 15.6. The summed E-state index contributed by atoms with van der Waals surface area (Å²) in [5, 5.41) is 0.710. The molecular weight excluding hydrogens is 360 g/mol. The third-order valence-corrected chi connectivity index (χ3v) is 6.16. The average Bonchev–Trinajstić information content (AvgIpc) is 3.23. The number of imidazole rings is 1. The van der Waals surface area contributed by atoms with E-state index < -0.39 is 11.2 Å². The summed E-state index contributed by atoms with van der Waals surface area (Å²) in [5.41, 5.74) is 4.50. The van der Waals surface area contributed by atoms with Crippen molar-refractivity contribution in [1.82, 2.24) is 9.55 Å². The van der Waals surface area contributed by atoms with Gasteiger partial charge in [-0.2, -0.15) is 4.98 Å². The number of aromatic nitrogens is 2. The molecule has 0 saturated heterocycles. The Morgan fingerprint density at radius 3 is 2.04 bits per heavy atom. The van der Waals surface area contributed by atoms with Crippen LogP contribution in [0.25, 0.3) is 0 Å². The van der Waals surface area contributed by atoms with Crippen molar-refractivity contribution >= 4 is 11.2 Å². The molecule has 27 heavy (non-hydrogen) atoms. The first-order chi connectivity index (χ1) is 13.2. The lowest BCUT2D eigenvalue weighted by atomic mass is 10.0. The summed E-state index contributed by atoms with van der Waals surface area (Å²) in [6.07, 6.45) is 1.48. The van der Waals surface area contributed by atoms with E-state index in [1.54, 1.807) is 14.2 Å². The molecule has 2 heterocycles. The molecule has 1 atom stereocenters. The summed E-state index contributed by atoms with van der Waals surface area (Å²) in [4.78, 5) is 4.75. The predicted molar refractivity (Wildman–Crippen MR) is 105 cm³/mol. The fraction of sp³-hybridized carbons (Fsp3) is 0.286. The summed E-state index contributed by atoms with van der Waals surface area (Å²) in [5.74, 6) is 2.34. The van der Waals surface area contributed by atoms with Gasteiger partial charge < -0.3 is 14.0 Å². The van der Waals surface area contributed by atoms with Gasteiger partial charge in [-0.15, -0.1) is 0 Å². The molecule has 0 N–H and O–H groups in total. The molecule has 6 heteroatoms. The topological polar surface area (TPSA) is 59.3 Å². The first kappa shape index (κ1) is 17.9. The van der Waals surface area contributed by atoms with Crippen molar-refractivity contribution < 1.29 is 14.0 Å². The number of nitrogens with zero attached hydrogens (tertiary/aromatic N) is 2. The minimum Gasteiger partial charge on any atom is -0.609 e. The van der Waals surface area contributed by atoms with Crippen LogP contribution in [0.4, 0.5) is 0 Å². The monoisotopic (exact) mass is 382 g/mol. The summed E-state index contributed by atoms with van der Waals surface area (Å²) in [7, 11) is 3.33. The van der Waals surface area contributed by atoms with E-state index in [2.05, 4.69) is 28.8 Å². The van der Waals surface area contributed by atoms with Crippen LogP contribution >= 0.6 is 0 Å². The summed E-state index contributed by atoms with van der Waals surface area (Å²) < 4.78 is 24.9. The van der Waals surface area contributed by atoms with Gasteiger partial charge in [0.25, 0.3) is 0 Å². The minimum atomic E-state index is -1.00. The molecule has 0 fully saturated rings. The van der Waals surface area contributed by atoms with E-state index in [4.69, 9.17) is 14.5 Å². The molecule has 1 aliphatic heterocycles. The van der Waals surface area contributed by atoms with Gasteiger partial charge in [0.05, 0.1) is 32.2 Å². The third kappa shape index (κ3) is 3.68. The molecule has 0 spiro atoms. The molecule has 1 unspecified atom stereocenters. The number of hydrogen-bond donors (Lipinski definition) is 0. The Labute approximate surface area is 162 Å². The van der Waals surface area contributed by atoms with Crippen molar-refractivity contribution in [1.29, 1.82) is 0 Å². The number of rotatable bonds is 6. The third-order valence-electron chi connectivity index (χ3n) is 4.89. The summed E-state index contributed by atoms with van der Waals surface area (Å²) >= 11 is -1.00. The Balaban J connectivity index is 1.65. The van der Waals surface area contributed by atoms with Gasteiger partial charge in [0, 0.05) is 24.0 Å². The van der Waals surface area contributed by atoms with Crippen LogP contribution in [-0.2, 0) is 30.6 Å². The second-order valence-electron chi connectivity index (χ2n) is 6.54. The van der Waals surface area contributed by atoms with Crippen LogP contribution in [0.2, 0.25) is 0 Å². The Morgan fingerprint density at radius 1 is 0.926 bits per heavy atom. The van der Waals surface area contributed by atoms with Crippen molar-refractivity contribution in [3.8, 4) is 11.5 Å². The van der Waals surface area contributed by atoms with Crippen LogP contribution in [0, 0.1) is 0 Å². The fourth-order valence-corrected chi connectivity index (χ4v) is 4.58. The van der Waals surface area contributed by atoms with Gasteiger partial charge in [0.2, 0.25) is 0 Å². The second-order valence-corrected chi connectivity index (χ2v) is 8.00. The SMILES string of the molecule is COc1ccc(Cc2nc3n(c2Cc2ccc(OC)cc2)CC[S+]3[O-])cc1. The van der Waals surface area contributed by atoms with Gasteiger partial charge in [-0.05, 0) is 35.4 Å². The highest BCUT2D eigenvalue weighted by molar-refractivity contribution is 7.91. The van der Waals surface area contributed by atoms with Gasteiger partial charge in [-0.1, -0.05) is 24.3 Å². The van der Waals surface area contributed by atoms with Crippen LogP contribution in [0.1, 0.15) is 22.5 Å². The van der Waals surface area contributed by atoms with E-state index in [9.17, 15) is 4.55 Å². The number of fused-ring (bicyclic) bond motifs is 1. The maximum absolute atomic E-state index is 12.3. The lowest BCUT2D eigenvalue weighted by Gasteiger charge is -2.08. The first-order valence-corrected chi connectivity index (χ1v) is 10.2. The number of ether oxygens (including phenoxy) is 2. The molecular formula is C21H22N2O3S. The van der Waals surface area contributed by atoms with Crippen LogP contribution in [0.5, 0.6) is 11.5 Å². The summed E-state index contributed by atoms with van der Waals surface area (Å²) in [6.45, 7) is 0.767. The second kappa shape index (κ2) is 7.66. The fourth-order valence-electron chi connectivity index (χ4n) is 3.39. The molecule has 0 aliphatic carbocycles. The minimum absolute atomic E-state index is 0.654. The molecule has 0 bridgehead atoms. The van der Waals surface area contributed by atoms with Crippen LogP contribution in [0.3, 0.4) is 0 Å². The Kier molecular flexibility index (Phi) is 5.09. The Morgan fingerprint density at radius 2 is 1.48 bits per heavy atom. The number of hydrogen-bond acceptors (Lipinski definition) is 4. The first-order valence-electron chi connectivity index (χ1n) is 8.90. The van der Waals surface area contributed by atoms with Gasteiger partial charge in [-0.25, -0.2) is 0 Å². The van der Waals surface area contributed by atoms with Crippen molar-refractivity contribution in [2.24, 2.45) is 0 Å². The number of methoxy groups -OCH3 is 2. The lowest BCUT2D eigenvalue weighted by Crippen LogP contribution is -2.05. The predicted octanol–water partition coefficient (Wildman–Crippen LogP) is 3.20. The van der Waals surface area contributed by atoms with E-state index in [0.29, 0.717) is 17.3 Å². The summed E-state index contributed by atoms with van der Waals surface area (Å²) in [6, 6.07) is 16.1. The zero-order chi connectivity index (χ0) is 18.8. The standard InChI is InChI=1S/C21H22N2O3S/c1-25-17-7-3-15(4-8-17)13-19-20(23-11-12-27(24)21(23)22-19)14-16-5-9-18(26-2)10-6-16/h3-10H,11-14H2,1-2H3. The highest BCUT2D eigenvalue weighted by atomic mass is 32.2. The maximum Gasteiger partial charge on any atom is 0.323 e. The highest BCUT2D eigenvalue weighted by Gasteiger charge is 2.31. The van der Waals surface area contributed by atoms with E-state index in [1.165, 1.54) is 5.56 Å². The van der Waals surface area contributed by atoms with Crippen molar-refractivity contribution in [3.05, 3.63) is 71.0 Å². The van der Waals surface area contributed by atoms with Crippen molar-refractivity contribution in [2.45, 2.75) is 24.5 Å². The van der Waals surface area contributed by atoms with Crippen molar-refractivity contribution in [3.63, 3.8) is 0 Å². The molecule has 140 valence electrons. The molecule has 5 nitrogen and oxygen atoms in total. The van der Waals surface area contributed by atoms with E-state index >= 15 is 0 Å². The number of benzene rings is 2. The van der Waals surface area contributed by atoms with Crippen molar-refractivity contribution in [2.75, 3.05) is 20.0 Å². The van der Waals surface area contributed by atoms with Crippen LogP contribution in [0.15, 0.2) is 53.7 Å². The lowest BCUT2D eigenvalue weighted by molar-refractivity contribution is 0.414. The molecule has 2 aromatic carbocycles. The van der Waals surface area contributed by atoms with Crippen LogP contribution < -0.4 is 9.47 Å². The molecule has 1 aliphatic rings. The van der Waals surface area contributed by atoms with Gasteiger partial charge >= 0.3 is 5.16 Å². The molecule has 0 saturated carbocycles. The molecule has 4 rings (SSSR count). The van der Waals surface area contributed by atoms with Gasteiger partial charge in [0.15, 0.2) is 0 Å². The Bertz CT molecular complexity index is 920. The molecule has 0 radical (unpaired) electrons. The highest BCUT2D eigenvalue weighted by Crippen LogP contribution is 2.28. The maximum atomic E-state index is 12.3. The quantitative estimate of drug-likeness (QED) is 0.614. The van der Waals surface area contributed by atoms with Gasteiger partial charge in [0.1, 0.15) is 17.3 Å². The zero-order valence-corrected chi connectivity index (χ0v) is 16.3. The Hall–Kier alpha value is -2.44. The average molecular weight is 382 g/mol. The van der Waals surface area contributed by atoms with E-state index in [1.807, 2.05) is 24.3 Å². The zero-order valence-electron chi connectivity index (χ0n) is 15.5. The molecule has 0 amide bonds. The van der Waals surface area contributed by atoms with Gasteiger partial charge in [-0.3, -0.25) is 4.57 Å². The molecule has 3 aromatic rings. The van der Waals surface area contributed by atoms with E-state index in [0.717, 1.165) is 41.4 Å². The largest absolute Gasteiger partial charge is 0.609 e.